The molecule has 3 N–H and O–H groups in total. The SMILES string of the molecule is NC(=O)CONC(=O)CSCc1ccc(Cl)s1. The van der Waals surface area contributed by atoms with Crippen molar-refractivity contribution in [3.8, 4) is 0 Å². The largest absolute Gasteiger partial charge is 0.368 e. The zero-order valence-electron chi connectivity index (χ0n) is 8.77. The minimum absolute atomic E-state index is 0.244. The van der Waals surface area contributed by atoms with E-state index >= 15 is 0 Å². The van der Waals surface area contributed by atoms with Gasteiger partial charge in [0.15, 0.2) is 6.61 Å². The normalized spacial score (nSPS) is 10.2. The summed E-state index contributed by atoms with van der Waals surface area (Å²) in [5, 5.41) is 0. The van der Waals surface area contributed by atoms with E-state index < -0.39 is 5.91 Å². The Morgan fingerprint density at radius 3 is 2.88 bits per heavy atom. The summed E-state index contributed by atoms with van der Waals surface area (Å²) in [5.41, 5.74) is 6.95. The Morgan fingerprint density at radius 1 is 1.53 bits per heavy atom. The van der Waals surface area contributed by atoms with Crippen molar-refractivity contribution in [2.75, 3.05) is 12.4 Å². The Kier molecular flexibility index (Phi) is 6.35. The summed E-state index contributed by atoms with van der Waals surface area (Å²) < 4.78 is 0.731. The summed E-state index contributed by atoms with van der Waals surface area (Å²) >= 11 is 8.68. The third kappa shape index (κ3) is 6.52. The summed E-state index contributed by atoms with van der Waals surface area (Å²) in [6.45, 7) is -0.322. The minimum Gasteiger partial charge on any atom is -0.368 e. The molecule has 8 heteroatoms. The third-order valence-electron chi connectivity index (χ3n) is 1.51. The number of hydrogen-bond acceptors (Lipinski definition) is 5. The average Bonchev–Trinajstić information content (AvgIpc) is 2.63. The van der Waals surface area contributed by atoms with Crippen LogP contribution in [-0.4, -0.2) is 24.2 Å². The number of nitrogens with one attached hydrogen (secondary N) is 1. The zero-order valence-corrected chi connectivity index (χ0v) is 11.2. The van der Waals surface area contributed by atoms with Gasteiger partial charge < -0.3 is 5.73 Å². The quantitative estimate of drug-likeness (QED) is 0.740. The van der Waals surface area contributed by atoms with Crippen LogP contribution in [-0.2, 0) is 20.2 Å². The van der Waals surface area contributed by atoms with E-state index in [9.17, 15) is 9.59 Å². The van der Waals surface area contributed by atoms with Crippen molar-refractivity contribution in [1.29, 1.82) is 0 Å². The van der Waals surface area contributed by atoms with Gasteiger partial charge in [0.2, 0.25) is 5.91 Å². The van der Waals surface area contributed by atoms with Gasteiger partial charge in [0.25, 0.3) is 5.91 Å². The first-order chi connectivity index (χ1) is 8.08. The summed E-state index contributed by atoms with van der Waals surface area (Å²) in [5.74, 6) is 0.0135. The Hall–Kier alpha value is -0.760. The molecule has 2 amide bonds. The second-order valence-electron chi connectivity index (χ2n) is 2.98. The van der Waals surface area contributed by atoms with Crippen LogP contribution in [0.3, 0.4) is 0 Å². The van der Waals surface area contributed by atoms with Gasteiger partial charge in [0.05, 0.1) is 10.1 Å². The van der Waals surface area contributed by atoms with Crippen LogP contribution in [0.1, 0.15) is 4.88 Å². The van der Waals surface area contributed by atoms with Gasteiger partial charge in [-0.25, -0.2) is 5.48 Å². The molecule has 0 aliphatic rings. The van der Waals surface area contributed by atoms with E-state index in [0.717, 1.165) is 9.21 Å². The first kappa shape index (κ1) is 14.3. The van der Waals surface area contributed by atoms with Crippen molar-refractivity contribution in [3.05, 3.63) is 21.3 Å². The number of nitrogens with two attached hydrogens (primary N) is 1. The minimum atomic E-state index is -0.633. The number of amides is 2. The fourth-order valence-corrected chi connectivity index (χ4v) is 2.90. The molecule has 1 aromatic rings. The summed E-state index contributed by atoms with van der Waals surface area (Å²) in [6, 6.07) is 3.74. The second kappa shape index (κ2) is 7.54. The molecule has 0 fully saturated rings. The molecule has 0 atom stereocenters. The van der Waals surface area contributed by atoms with Crippen LogP contribution in [0.4, 0.5) is 0 Å². The van der Waals surface area contributed by atoms with Crippen LogP contribution in [0.5, 0.6) is 0 Å². The lowest BCUT2D eigenvalue weighted by Crippen LogP contribution is -2.30. The molecule has 17 heavy (non-hydrogen) atoms. The van der Waals surface area contributed by atoms with Crippen molar-refractivity contribution in [3.63, 3.8) is 0 Å². The number of thiophene rings is 1. The van der Waals surface area contributed by atoms with E-state index in [1.165, 1.54) is 23.1 Å². The van der Waals surface area contributed by atoms with Gasteiger partial charge >= 0.3 is 0 Å². The fourth-order valence-electron chi connectivity index (χ4n) is 0.891. The standard InChI is InChI=1S/C9H11ClN2O3S2/c10-7-2-1-6(17-7)4-16-5-9(14)12-15-3-8(11)13/h1-2H,3-5H2,(H2,11,13)(H,12,14). The van der Waals surface area contributed by atoms with Gasteiger partial charge in [-0.15, -0.1) is 23.1 Å². The van der Waals surface area contributed by atoms with Crippen molar-refractivity contribution in [2.24, 2.45) is 5.73 Å². The highest BCUT2D eigenvalue weighted by molar-refractivity contribution is 7.99. The average molecular weight is 295 g/mol. The van der Waals surface area contributed by atoms with Crippen molar-refractivity contribution in [1.82, 2.24) is 5.48 Å². The first-order valence-corrected chi connectivity index (χ1v) is 6.93. The Labute approximate surface area is 112 Å². The molecule has 0 radical (unpaired) electrons. The molecule has 94 valence electrons. The number of carbonyl (C=O) groups is 2. The fraction of sp³-hybridized carbons (Fsp3) is 0.333. The van der Waals surface area contributed by atoms with Crippen molar-refractivity contribution in [2.45, 2.75) is 5.75 Å². The lowest BCUT2D eigenvalue weighted by molar-refractivity contribution is -0.135. The van der Waals surface area contributed by atoms with Crippen LogP contribution < -0.4 is 11.2 Å². The second-order valence-corrected chi connectivity index (χ2v) is 5.76. The number of carbonyl (C=O) groups excluding carboxylic acids is 2. The maximum atomic E-state index is 11.2. The van der Waals surface area contributed by atoms with Crippen LogP contribution in [0.15, 0.2) is 12.1 Å². The number of rotatable bonds is 7. The summed E-state index contributed by atoms with van der Waals surface area (Å²) in [6.07, 6.45) is 0. The molecule has 0 unspecified atom stereocenters. The molecule has 1 heterocycles. The molecule has 5 nitrogen and oxygen atoms in total. The van der Waals surface area contributed by atoms with Crippen LogP contribution in [0.25, 0.3) is 0 Å². The Balaban J connectivity index is 2.10. The molecule has 0 saturated heterocycles. The van der Waals surface area contributed by atoms with Gasteiger partial charge in [0.1, 0.15) is 0 Å². The van der Waals surface area contributed by atoms with Crippen molar-refractivity contribution < 1.29 is 14.4 Å². The summed E-state index contributed by atoms with van der Waals surface area (Å²) in [4.78, 5) is 27.2. The van der Waals surface area contributed by atoms with Gasteiger partial charge in [-0.3, -0.25) is 14.4 Å². The first-order valence-electron chi connectivity index (χ1n) is 4.59. The van der Waals surface area contributed by atoms with E-state index in [-0.39, 0.29) is 18.3 Å². The molecule has 0 aliphatic heterocycles. The molecule has 0 aromatic carbocycles. The smallest absolute Gasteiger partial charge is 0.253 e. The number of thioether (sulfide) groups is 1. The van der Waals surface area contributed by atoms with Crippen LogP contribution in [0, 0.1) is 0 Å². The van der Waals surface area contributed by atoms with Gasteiger partial charge in [-0.05, 0) is 12.1 Å². The summed E-state index contributed by atoms with van der Waals surface area (Å²) in [7, 11) is 0. The molecular weight excluding hydrogens is 284 g/mol. The highest BCUT2D eigenvalue weighted by atomic mass is 35.5. The predicted molar refractivity (Wildman–Crippen MR) is 68.8 cm³/mol. The highest BCUT2D eigenvalue weighted by Crippen LogP contribution is 2.24. The van der Waals surface area contributed by atoms with Gasteiger partial charge in [-0.2, -0.15) is 0 Å². The van der Waals surface area contributed by atoms with Gasteiger partial charge in [-0.1, -0.05) is 11.6 Å². The van der Waals surface area contributed by atoms with E-state index in [2.05, 4.69) is 10.3 Å². The number of hydrogen-bond donors (Lipinski definition) is 2. The van der Waals surface area contributed by atoms with Crippen molar-refractivity contribution >= 4 is 46.5 Å². The molecular formula is C9H11ClN2O3S2. The topological polar surface area (TPSA) is 81.4 Å². The lowest BCUT2D eigenvalue weighted by Gasteiger charge is -2.03. The van der Waals surface area contributed by atoms with E-state index in [4.69, 9.17) is 17.3 Å². The van der Waals surface area contributed by atoms with Gasteiger partial charge in [0, 0.05) is 10.6 Å². The molecule has 1 rings (SSSR count). The highest BCUT2D eigenvalue weighted by Gasteiger charge is 2.04. The third-order valence-corrected chi connectivity index (χ3v) is 3.90. The molecule has 0 bridgehead atoms. The molecule has 1 aromatic heterocycles. The number of hydroxylamine groups is 1. The number of halogens is 1. The van der Waals surface area contributed by atoms with E-state index in [1.807, 2.05) is 12.1 Å². The molecule has 0 aliphatic carbocycles. The maximum Gasteiger partial charge on any atom is 0.253 e. The van der Waals surface area contributed by atoms with E-state index in [1.54, 1.807) is 0 Å². The molecule has 0 spiro atoms. The maximum absolute atomic E-state index is 11.2. The Morgan fingerprint density at radius 2 is 2.29 bits per heavy atom. The zero-order chi connectivity index (χ0) is 12.7. The number of primary amides is 1. The predicted octanol–water partition coefficient (Wildman–Crippen LogP) is 1.17. The Bertz CT molecular complexity index is 397. The monoisotopic (exact) mass is 294 g/mol. The van der Waals surface area contributed by atoms with Crippen LogP contribution in [0.2, 0.25) is 4.34 Å². The lowest BCUT2D eigenvalue weighted by atomic mass is 10.5. The van der Waals surface area contributed by atoms with Crippen LogP contribution >= 0.6 is 34.7 Å². The molecule has 0 saturated carbocycles. The van der Waals surface area contributed by atoms with E-state index in [0.29, 0.717) is 5.75 Å².